The predicted molar refractivity (Wildman–Crippen MR) is 83.0 cm³/mol. The maximum absolute atomic E-state index is 9.42. The first kappa shape index (κ1) is 15.6. The number of hydrogen-bond donors (Lipinski definition) is 2. The SMILES string of the molecule is CCc1c(C)nn(Cc2ccc(OC)c(B(O)O)c2)c1C. The molecule has 0 aliphatic carbocycles. The van der Waals surface area contributed by atoms with Gasteiger partial charge in [0.2, 0.25) is 0 Å². The van der Waals surface area contributed by atoms with Crippen molar-refractivity contribution in [3.63, 3.8) is 0 Å². The van der Waals surface area contributed by atoms with E-state index in [2.05, 4.69) is 18.9 Å². The van der Waals surface area contributed by atoms with Crippen LogP contribution >= 0.6 is 0 Å². The maximum atomic E-state index is 9.42. The van der Waals surface area contributed by atoms with Crippen LogP contribution in [0.3, 0.4) is 0 Å². The third kappa shape index (κ3) is 3.11. The van der Waals surface area contributed by atoms with Gasteiger partial charge in [0, 0.05) is 11.2 Å². The van der Waals surface area contributed by atoms with Gasteiger partial charge in [-0.25, -0.2) is 0 Å². The molecule has 2 rings (SSSR count). The van der Waals surface area contributed by atoms with Gasteiger partial charge < -0.3 is 14.8 Å². The summed E-state index contributed by atoms with van der Waals surface area (Å²) >= 11 is 0. The van der Waals surface area contributed by atoms with Gasteiger partial charge >= 0.3 is 7.12 Å². The fraction of sp³-hybridized carbons (Fsp3) is 0.400. The van der Waals surface area contributed by atoms with E-state index in [4.69, 9.17) is 4.74 Å². The van der Waals surface area contributed by atoms with Crippen molar-refractivity contribution in [2.24, 2.45) is 0 Å². The summed E-state index contributed by atoms with van der Waals surface area (Å²) in [4.78, 5) is 0. The second-order valence-corrected chi connectivity index (χ2v) is 5.11. The minimum absolute atomic E-state index is 0.368. The molecule has 1 aromatic carbocycles. The van der Waals surface area contributed by atoms with Crippen LogP contribution in [0.5, 0.6) is 5.75 Å². The summed E-state index contributed by atoms with van der Waals surface area (Å²) < 4.78 is 7.08. The molecule has 0 aliphatic rings. The topological polar surface area (TPSA) is 67.5 Å². The van der Waals surface area contributed by atoms with Gasteiger partial charge in [0.15, 0.2) is 0 Å². The predicted octanol–water partition coefficient (Wildman–Crippen LogP) is 0.799. The number of aromatic nitrogens is 2. The van der Waals surface area contributed by atoms with Gasteiger partial charge in [-0.1, -0.05) is 19.1 Å². The van der Waals surface area contributed by atoms with E-state index in [0.29, 0.717) is 17.8 Å². The Morgan fingerprint density at radius 1 is 1.29 bits per heavy atom. The maximum Gasteiger partial charge on any atom is 0.492 e. The van der Waals surface area contributed by atoms with Crippen LogP contribution < -0.4 is 10.2 Å². The van der Waals surface area contributed by atoms with Crippen LogP contribution in [0.2, 0.25) is 0 Å². The fourth-order valence-electron chi connectivity index (χ4n) is 2.66. The third-order valence-corrected chi connectivity index (χ3v) is 3.79. The average Bonchev–Trinajstić information content (AvgIpc) is 2.72. The van der Waals surface area contributed by atoms with Gasteiger partial charge in [0.1, 0.15) is 5.75 Å². The molecule has 1 aromatic heterocycles. The lowest BCUT2D eigenvalue weighted by molar-refractivity contribution is 0.403. The summed E-state index contributed by atoms with van der Waals surface area (Å²) in [5.41, 5.74) is 4.79. The molecule has 0 aliphatic heterocycles. The second kappa shape index (κ2) is 6.32. The highest BCUT2D eigenvalue weighted by atomic mass is 16.5. The van der Waals surface area contributed by atoms with Crippen LogP contribution in [0.15, 0.2) is 18.2 Å². The number of nitrogens with zero attached hydrogens (tertiary/aromatic N) is 2. The van der Waals surface area contributed by atoms with Crippen molar-refractivity contribution in [1.82, 2.24) is 9.78 Å². The summed E-state index contributed by atoms with van der Waals surface area (Å²) in [6, 6.07) is 5.40. The quantitative estimate of drug-likeness (QED) is 0.799. The zero-order chi connectivity index (χ0) is 15.6. The molecule has 0 saturated carbocycles. The van der Waals surface area contributed by atoms with Crippen LogP contribution in [0.1, 0.15) is 29.4 Å². The molecule has 0 fully saturated rings. The molecule has 6 heteroatoms. The van der Waals surface area contributed by atoms with E-state index in [1.54, 1.807) is 12.1 Å². The zero-order valence-electron chi connectivity index (χ0n) is 12.9. The normalized spacial score (nSPS) is 10.8. The minimum Gasteiger partial charge on any atom is -0.497 e. The van der Waals surface area contributed by atoms with Crippen molar-refractivity contribution in [2.45, 2.75) is 33.7 Å². The van der Waals surface area contributed by atoms with E-state index < -0.39 is 7.12 Å². The summed E-state index contributed by atoms with van der Waals surface area (Å²) in [5.74, 6) is 0.469. The van der Waals surface area contributed by atoms with Crippen molar-refractivity contribution < 1.29 is 14.8 Å². The van der Waals surface area contributed by atoms with Crippen molar-refractivity contribution in [3.05, 3.63) is 40.7 Å². The number of rotatable bonds is 5. The Hall–Kier alpha value is -1.79. The molecule has 0 saturated heterocycles. The first-order valence-electron chi connectivity index (χ1n) is 7.03. The Labute approximate surface area is 125 Å². The van der Waals surface area contributed by atoms with E-state index in [-0.39, 0.29) is 0 Å². The fourth-order valence-corrected chi connectivity index (χ4v) is 2.66. The summed E-state index contributed by atoms with van der Waals surface area (Å²) in [5, 5.41) is 23.4. The van der Waals surface area contributed by atoms with E-state index >= 15 is 0 Å². The summed E-state index contributed by atoms with van der Waals surface area (Å²) in [6.45, 7) is 6.79. The molecule has 5 nitrogen and oxygen atoms in total. The Morgan fingerprint density at radius 2 is 2.00 bits per heavy atom. The van der Waals surface area contributed by atoms with Crippen LogP contribution in [0, 0.1) is 13.8 Å². The smallest absolute Gasteiger partial charge is 0.492 e. The first-order valence-corrected chi connectivity index (χ1v) is 7.03. The Kier molecular flexibility index (Phi) is 4.70. The zero-order valence-corrected chi connectivity index (χ0v) is 12.9. The second-order valence-electron chi connectivity index (χ2n) is 5.11. The number of aryl methyl sites for hydroxylation is 1. The molecule has 0 spiro atoms. The molecule has 0 bridgehead atoms. The molecule has 21 heavy (non-hydrogen) atoms. The van der Waals surface area contributed by atoms with E-state index in [1.807, 2.05) is 17.7 Å². The summed E-state index contributed by atoms with van der Waals surface area (Å²) in [7, 11) is -0.0401. The highest BCUT2D eigenvalue weighted by Gasteiger charge is 2.18. The minimum atomic E-state index is -1.55. The highest BCUT2D eigenvalue weighted by molar-refractivity contribution is 6.59. The van der Waals surface area contributed by atoms with Crippen molar-refractivity contribution in [2.75, 3.05) is 7.11 Å². The van der Waals surface area contributed by atoms with Gasteiger partial charge in [-0.2, -0.15) is 5.10 Å². The molecular formula is C15H21BN2O3. The van der Waals surface area contributed by atoms with Gasteiger partial charge in [-0.3, -0.25) is 4.68 Å². The highest BCUT2D eigenvalue weighted by Crippen LogP contribution is 2.16. The van der Waals surface area contributed by atoms with Crippen LogP contribution in [0.25, 0.3) is 0 Å². The van der Waals surface area contributed by atoms with Crippen LogP contribution in [-0.2, 0) is 13.0 Å². The average molecular weight is 288 g/mol. The standard InChI is InChI=1S/C15H21BN2O3/c1-5-13-10(2)17-18(11(13)3)9-12-6-7-15(21-4)14(8-12)16(19)20/h6-8,19-20H,5,9H2,1-4H3. The van der Waals surface area contributed by atoms with E-state index in [1.165, 1.54) is 12.7 Å². The molecule has 0 radical (unpaired) electrons. The Morgan fingerprint density at radius 3 is 2.52 bits per heavy atom. The summed E-state index contributed by atoms with van der Waals surface area (Å²) in [6.07, 6.45) is 0.959. The number of hydrogen-bond acceptors (Lipinski definition) is 4. The van der Waals surface area contributed by atoms with Gasteiger partial charge in [-0.15, -0.1) is 0 Å². The van der Waals surface area contributed by atoms with Crippen LogP contribution in [0.4, 0.5) is 0 Å². The van der Waals surface area contributed by atoms with Crippen molar-refractivity contribution in [1.29, 1.82) is 0 Å². The number of benzene rings is 1. The van der Waals surface area contributed by atoms with Gasteiger partial charge in [0.05, 0.1) is 19.3 Å². The molecule has 2 N–H and O–H groups in total. The molecule has 112 valence electrons. The van der Waals surface area contributed by atoms with Gasteiger partial charge in [0.25, 0.3) is 0 Å². The number of ether oxygens (including phenoxy) is 1. The van der Waals surface area contributed by atoms with Crippen LogP contribution in [-0.4, -0.2) is 34.1 Å². The lowest BCUT2D eigenvalue weighted by Crippen LogP contribution is -2.31. The number of methoxy groups -OCH3 is 1. The lowest BCUT2D eigenvalue weighted by atomic mass is 9.78. The van der Waals surface area contributed by atoms with Crippen molar-refractivity contribution >= 4 is 12.6 Å². The Bertz CT molecular complexity index is 638. The molecule has 0 atom stereocenters. The molecular weight excluding hydrogens is 267 g/mol. The molecule has 2 aromatic rings. The molecule has 0 amide bonds. The molecule has 1 heterocycles. The monoisotopic (exact) mass is 288 g/mol. The van der Waals surface area contributed by atoms with Gasteiger partial charge in [-0.05, 0) is 37.5 Å². The Balaban J connectivity index is 2.34. The third-order valence-electron chi connectivity index (χ3n) is 3.79. The van der Waals surface area contributed by atoms with Crippen molar-refractivity contribution in [3.8, 4) is 5.75 Å². The van der Waals surface area contributed by atoms with E-state index in [0.717, 1.165) is 23.4 Å². The largest absolute Gasteiger partial charge is 0.497 e. The van der Waals surface area contributed by atoms with E-state index in [9.17, 15) is 10.0 Å². The lowest BCUT2D eigenvalue weighted by Gasteiger charge is -2.11. The molecule has 0 unspecified atom stereocenters. The first-order chi connectivity index (χ1) is 9.97.